The Labute approximate surface area is 61.3 Å². The van der Waals surface area contributed by atoms with Crippen molar-refractivity contribution in [3.63, 3.8) is 0 Å². The van der Waals surface area contributed by atoms with Crippen LogP contribution in [0.3, 0.4) is 0 Å². The number of amides is 1. The second-order valence-electron chi connectivity index (χ2n) is 2.17. The van der Waals surface area contributed by atoms with Gasteiger partial charge in [-0.3, -0.25) is 4.79 Å². The first-order valence-electron chi connectivity index (χ1n) is 3.06. The van der Waals surface area contributed by atoms with Gasteiger partial charge in [-0.25, -0.2) is 0 Å². The summed E-state index contributed by atoms with van der Waals surface area (Å²) in [6, 6.07) is 0. The van der Waals surface area contributed by atoms with E-state index in [9.17, 15) is 18.0 Å². The average molecular weight is 165 g/mol. The molecular formula is C6H6F3NO. The Morgan fingerprint density at radius 3 is 2.45 bits per heavy atom. The maximum Gasteiger partial charge on any atom is 0.471 e. The summed E-state index contributed by atoms with van der Waals surface area (Å²) in [4.78, 5) is 11.1. The van der Waals surface area contributed by atoms with Gasteiger partial charge in [0.2, 0.25) is 0 Å². The number of hydrogen-bond acceptors (Lipinski definition) is 1. The van der Waals surface area contributed by atoms with Crippen molar-refractivity contribution in [2.45, 2.75) is 12.6 Å². The fourth-order valence-electron chi connectivity index (χ4n) is 0.822. The van der Waals surface area contributed by atoms with Gasteiger partial charge in [0, 0.05) is 12.7 Å². The third kappa shape index (κ3) is 1.72. The second-order valence-corrected chi connectivity index (χ2v) is 2.17. The highest BCUT2D eigenvalue weighted by molar-refractivity contribution is 5.83. The zero-order valence-electron chi connectivity index (χ0n) is 5.56. The van der Waals surface area contributed by atoms with Crippen LogP contribution in [0.2, 0.25) is 0 Å². The van der Waals surface area contributed by atoms with E-state index in [0.717, 1.165) is 6.20 Å². The second kappa shape index (κ2) is 2.56. The van der Waals surface area contributed by atoms with Crippen LogP contribution in [-0.4, -0.2) is 23.5 Å². The monoisotopic (exact) mass is 165 g/mol. The van der Waals surface area contributed by atoms with Gasteiger partial charge in [-0.05, 0) is 6.42 Å². The van der Waals surface area contributed by atoms with Gasteiger partial charge in [0.05, 0.1) is 0 Å². The predicted molar refractivity (Wildman–Crippen MR) is 31.5 cm³/mol. The van der Waals surface area contributed by atoms with Crippen molar-refractivity contribution in [3.8, 4) is 0 Å². The molecule has 0 atom stereocenters. The molecule has 0 aliphatic carbocycles. The quantitative estimate of drug-likeness (QED) is 0.529. The fourth-order valence-corrected chi connectivity index (χ4v) is 0.822. The molecule has 5 heteroatoms. The number of alkyl halides is 3. The van der Waals surface area contributed by atoms with Crippen molar-refractivity contribution >= 4 is 5.91 Å². The highest BCUT2D eigenvalue weighted by Crippen LogP contribution is 2.20. The van der Waals surface area contributed by atoms with E-state index >= 15 is 0 Å². The molecule has 1 heterocycles. The maximum absolute atomic E-state index is 11.7. The summed E-state index contributed by atoms with van der Waals surface area (Å²) in [5.74, 6) is -1.79. The maximum atomic E-state index is 11.7. The summed E-state index contributed by atoms with van der Waals surface area (Å²) in [7, 11) is 0. The zero-order chi connectivity index (χ0) is 8.48. The van der Waals surface area contributed by atoms with Crippen LogP contribution in [0.1, 0.15) is 6.42 Å². The molecule has 0 spiro atoms. The lowest BCUT2D eigenvalue weighted by Crippen LogP contribution is -2.36. The summed E-state index contributed by atoms with van der Waals surface area (Å²) in [6.45, 7) is 0.137. The normalized spacial score (nSPS) is 17.5. The van der Waals surface area contributed by atoms with Crippen molar-refractivity contribution in [1.29, 1.82) is 0 Å². The Morgan fingerprint density at radius 2 is 2.09 bits per heavy atom. The fraction of sp³-hybridized carbons (Fsp3) is 0.500. The number of hydrogen-bond donors (Lipinski definition) is 0. The minimum Gasteiger partial charge on any atom is -0.311 e. The molecule has 1 aliphatic rings. The molecular weight excluding hydrogens is 159 g/mol. The first kappa shape index (κ1) is 8.10. The van der Waals surface area contributed by atoms with Crippen LogP contribution >= 0.6 is 0 Å². The Kier molecular flexibility index (Phi) is 1.89. The summed E-state index contributed by atoms with van der Waals surface area (Å²) < 4.78 is 35.0. The van der Waals surface area contributed by atoms with Crippen molar-refractivity contribution in [2.75, 3.05) is 6.54 Å². The highest BCUT2D eigenvalue weighted by atomic mass is 19.4. The molecule has 0 N–H and O–H groups in total. The molecule has 0 saturated carbocycles. The lowest BCUT2D eigenvalue weighted by atomic mass is 10.4. The number of nitrogens with zero attached hydrogens (tertiary/aromatic N) is 1. The molecule has 0 saturated heterocycles. The molecule has 1 rings (SSSR count). The van der Waals surface area contributed by atoms with Crippen LogP contribution in [0, 0.1) is 0 Å². The number of halogens is 3. The average Bonchev–Trinajstić information content (AvgIpc) is 2.34. The summed E-state index contributed by atoms with van der Waals surface area (Å²) in [5, 5.41) is 0. The van der Waals surface area contributed by atoms with Gasteiger partial charge in [-0.2, -0.15) is 13.2 Å². The van der Waals surface area contributed by atoms with E-state index in [1.807, 2.05) is 0 Å². The van der Waals surface area contributed by atoms with E-state index < -0.39 is 12.1 Å². The smallest absolute Gasteiger partial charge is 0.311 e. The van der Waals surface area contributed by atoms with Gasteiger partial charge >= 0.3 is 12.1 Å². The Morgan fingerprint density at radius 1 is 1.45 bits per heavy atom. The molecule has 0 aromatic carbocycles. The Balaban J connectivity index is 2.61. The molecule has 0 bridgehead atoms. The Bertz CT molecular complexity index is 196. The van der Waals surface area contributed by atoms with Gasteiger partial charge in [0.25, 0.3) is 0 Å². The van der Waals surface area contributed by atoms with E-state index in [2.05, 4.69) is 0 Å². The van der Waals surface area contributed by atoms with E-state index in [-0.39, 0.29) is 6.54 Å². The van der Waals surface area contributed by atoms with Crippen LogP contribution in [0.15, 0.2) is 12.3 Å². The minimum absolute atomic E-state index is 0.137. The van der Waals surface area contributed by atoms with Gasteiger partial charge < -0.3 is 4.90 Å². The van der Waals surface area contributed by atoms with Crippen LogP contribution in [0.5, 0.6) is 0 Å². The Hall–Kier alpha value is -1.00. The summed E-state index contributed by atoms with van der Waals surface area (Å²) >= 11 is 0. The third-order valence-corrected chi connectivity index (χ3v) is 1.33. The largest absolute Gasteiger partial charge is 0.471 e. The van der Waals surface area contributed by atoms with Crippen molar-refractivity contribution < 1.29 is 18.0 Å². The first-order valence-corrected chi connectivity index (χ1v) is 3.06. The highest BCUT2D eigenvalue weighted by Gasteiger charge is 2.42. The summed E-state index contributed by atoms with van der Waals surface area (Å²) in [6.07, 6.45) is -1.55. The molecule has 62 valence electrons. The van der Waals surface area contributed by atoms with Gasteiger partial charge in [0.1, 0.15) is 0 Å². The molecule has 1 amide bonds. The molecule has 0 aromatic rings. The third-order valence-electron chi connectivity index (χ3n) is 1.33. The van der Waals surface area contributed by atoms with E-state index in [4.69, 9.17) is 0 Å². The number of carbonyl (C=O) groups is 1. The molecule has 1 aliphatic heterocycles. The van der Waals surface area contributed by atoms with Crippen LogP contribution < -0.4 is 0 Å². The van der Waals surface area contributed by atoms with E-state index in [1.165, 1.54) is 6.08 Å². The van der Waals surface area contributed by atoms with Crippen LogP contribution in [0.4, 0.5) is 13.2 Å². The molecule has 0 aromatic heterocycles. The number of carbonyl (C=O) groups excluding carboxylic acids is 1. The minimum atomic E-state index is -4.74. The van der Waals surface area contributed by atoms with E-state index in [1.54, 1.807) is 0 Å². The molecule has 2 nitrogen and oxygen atoms in total. The predicted octanol–water partition coefficient (Wildman–Crippen LogP) is 1.29. The standard InChI is InChI=1S/C6H6F3NO/c7-6(8,9)5(11)10-3-1-2-4-10/h1,3H,2,4H2. The SMILES string of the molecule is O=C(N1C=CCC1)C(F)(F)F. The van der Waals surface area contributed by atoms with Gasteiger partial charge in [-0.15, -0.1) is 0 Å². The van der Waals surface area contributed by atoms with Crippen molar-refractivity contribution in [2.24, 2.45) is 0 Å². The van der Waals surface area contributed by atoms with Gasteiger partial charge in [-0.1, -0.05) is 6.08 Å². The molecule has 0 fully saturated rings. The lowest BCUT2D eigenvalue weighted by Gasteiger charge is -2.14. The topological polar surface area (TPSA) is 20.3 Å². The van der Waals surface area contributed by atoms with Crippen molar-refractivity contribution in [3.05, 3.63) is 12.3 Å². The zero-order valence-corrected chi connectivity index (χ0v) is 5.56. The van der Waals surface area contributed by atoms with E-state index in [0.29, 0.717) is 11.3 Å². The van der Waals surface area contributed by atoms with Crippen LogP contribution in [0.25, 0.3) is 0 Å². The first-order chi connectivity index (χ1) is 5.02. The van der Waals surface area contributed by atoms with Crippen LogP contribution in [-0.2, 0) is 4.79 Å². The lowest BCUT2D eigenvalue weighted by molar-refractivity contribution is -0.182. The molecule has 0 unspecified atom stereocenters. The van der Waals surface area contributed by atoms with Gasteiger partial charge in [0.15, 0.2) is 0 Å². The summed E-state index contributed by atoms with van der Waals surface area (Å²) in [5.41, 5.74) is 0. The molecule has 11 heavy (non-hydrogen) atoms. The molecule has 0 radical (unpaired) electrons. The number of rotatable bonds is 0. The van der Waals surface area contributed by atoms with Crippen molar-refractivity contribution in [1.82, 2.24) is 4.90 Å².